The van der Waals surface area contributed by atoms with Crippen molar-refractivity contribution in [2.75, 3.05) is 33.7 Å². The second-order valence-corrected chi connectivity index (χ2v) is 7.79. The van der Waals surface area contributed by atoms with Gasteiger partial charge in [-0.15, -0.1) is 0 Å². The standard InChI is InChI=1S/C19H32N4O5.C2H6.CH3NO/c1-13-5-6-16(23(13)4)7-8-20-9-15(12-24)21-18(25)11-22(3)10-17-14(2)27-19(26)28-17;1-2;2-1-3/h12-13,15-16,20H,5-11H2,1-4H3,(H,21,25);1-2H3;1H,(H2,2,3). The van der Waals surface area contributed by atoms with Gasteiger partial charge in [-0.05, 0) is 53.8 Å². The van der Waals surface area contributed by atoms with Crippen molar-refractivity contribution in [2.24, 2.45) is 5.73 Å². The van der Waals surface area contributed by atoms with Crippen LogP contribution in [0.25, 0.3) is 0 Å². The molecule has 0 bridgehead atoms. The minimum Gasteiger partial charge on any atom is -0.396 e. The molecule has 0 aliphatic carbocycles. The summed E-state index contributed by atoms with van der Waals surface area (Å²) in [6.45, 7) is 9.42. The van der Waals surface area contributed by atoms with Gasteiger partial charge in [0.25, 0.3) is 0 Å². The van der Waals surface area contributed by atoms with Crippen LogP contribution >= 0.6 is 0 Å². The van der Waals surface area contributed by atoms with E-state index < -0.39 is 11.9 Å². The van der Waals surface area contributed by atoms with Gasteiger partial charge in [0.05, 0.1) is 19.1 Å². The third-order valence-corrected chi connectivity index (χ3v) is 5.38. The van der Waals surface area contributed by atoms with Gasteiger partial charge < -0.3 is 34.9 Å². The van der Waals surface area contributed by atoms with E-state index in [4.69, 9.17) is 13.6 Å². The Morgan fingerprint density at radius 1 is 1.30 bits per heavy atom. The van der Waals surface area contributed by atoms with Gasteiger partial charge in [-0.3, -0.25) is 14.5 Å². The van der Waals surface area contributed by atoms with Crippen LogP contribution in [0, 0.1) is 6.92 Å². The van der Waals surface area contributed by atoms with Gasteiger partial charge in [0.2, 0.25) is 12.3 Å². The van der Waals surface area contributed by atoms with Gasteiger partial charge in [0.1, 0.15) is 12.0 Å². The quantitative estimate of drug-likeness (QED) is 0.304. The second-order valence-electron chi connectivity index (χ2n) is 7.79. The number of aldehydes is 1. The minimum absolute atomic E-state index is 0.0728. The van der Waals surface area contributed by atoms with E-state index in [1.165, 1.54) is 12.8 Å². The van der Waals surface area contributed by atoms with Crippen molar-refractivity contribution in [1.29, 1.82) is 0 Å². The molecule has 3 atom stereocenters. The maximum Gasteiger partial charge on any atom is 0.519 e. The third-order valence-electron chi connectivity index (χ3n) is 5.38. The predicted molar refractivity (Wildman–Crippen MR) is 126 cm³/mol. The number of aryl methyl sites for hydroxylation is 1. The zero-order chi connectivity index (χ0) is 25.4. The minimum atomic E-state index is -0.754. The van der Waals surface area contributed by atoms with E-state index in [0.717, 1.165) is 19.3 Å². The molecule has 190 valence electrons. The number of amides is 2. The largest absolute Gasteiger partial charge is 0.519 e. The van der Waals surface area contributed by atoms with Crippen LogP contribution in [0.1, 0.15) is 51.6 Å². The van der Waals surface area contributed by atoms with E-state index in [9.17, 15) is 14.4 Å². The smallest absolute Gasteiger partial charge is 0.396 e. The second kappa shape index (κ2) is 17.0. The summed E-state index contributed by atoms with van der Waals surface area (Å²) >= 11 is 0. The van der Waals surface area contributed by atoms with Crippen molar-refractivity contribution >= 4 is 18.6 Å². The highest BCUT2D eigenvalue weighted by Crippen LogP contribution is 2.23. The predicted octanol–water partition coefficient (Wildman–Crippen LogP) is 0.247. The normalized spacial score (nSPS) is 18.5. The Bertz CT molecular complexity index is 750. The highest BCUT2D eigenvalue weighted by molar-refractivity contribution is 5.81. The first kappa shape index (κ1) is 30.5. The monoisotopic (exact) mass is 471 g/mol. The molecule has 2 amide bonds. The first-order valence-electron chi connectivity index (χ1n) is 11.3. The molecule has 0 radical (unpaired) electrons. The van der Waals surface area contributed by atoms with Crippen LogP contribution in [0.2, 0.25) is 0 Å². The Labute approximate surface area is 196 Å². The van der Waals surface area contributed by atoms with Crippen molar-refractivity contribution in [3.05, 3.63) is 22.1 Å². The fraction of sp³-hybridized carbons (Fsp3) is 0.727. The molecule has 1 aliphatic rings. The summed E-state index contributed by atoms with van der Waals surface area (Å²) in [6, 6.07) is 0.629. The summed E-state index contributed by atoms with van der Waals surface area (Å²) in [6.07, 6.45) is 4.45. The highest BCUT2D eigenvalue weighted by atomic mass is 16.6. The molecule has 1 saturated heterocycles. The average Bonchev–Trinajstić information content (AvgIpc) is 3.26. The number of carbonyl (C=O) groups excluding carboxylic acids is 3. The topological polar surface area (TPSA) is 151 Å². The molecule has 2 rings (SSSR count). The fourth-order valence-electron chi connectivity index (χ4n) is 3.53. The lowest BCUT2D eigenvalue weighted by molar-refractivity contribution is -0.124. The summed E-state index contributed by atoms with van der Waals surface area (Å²) in [7, 11) is 3.88. The van der Waals surface area contributed by atoms with Crippen molar-refractivity contribution in [2.45, 2.75) is 71.6 Å². The van der Waals surface area contributed by atoms with Gasteiger partial charge in [-0.25, -0.2) is 4.79 Å². The van der Waals surface area contributed by atoms with E-state index in [1.54, 1.807) is 18.9 Å². The van der Waals surface area contributed by atoms with Gasteiger partial charge in [0.15, 0.2) is 5.76 Å². The molecule has 3 unspecified atom stereocenters. The zero-order valence-corrected chi connectivity index (χ0v) is 20.8. The Balaban J connectivity index is 0.00000189. The third kappa shape index (κ3) is 11.8. The molecule has 11 heteroatoms. The molecule has 0 spiro atoms. The number of hydrogen-bond acceptors (Lipinski definition) is 9. The average molecular weight is 472 g/mol. The molecule has 1 fully saturated rings. The van der Waals surface area contributed by atoms with E-state index in [0.29, 0.717) is 30.1 Å². The molecule has 0 aromatic carbocycles. The van der Waals surface area contributed by atoms with Crippen LogP contribution in [0.5, 0.6) is 0 Å². The van der Waals surface area contributed by atoms with Crippen molar-refractivity contribution in [3.63, 3.8) is 0 Å². The van der Waals surface area contributed by atoms with Gasteiger partial charge in [-0.1, -0.05) is 13.8 Å². The van der Waals surface area contributed by atoms with E-state index in [2.05, 4.69) is 35.2 Å². The number of nitrogens with one attached hydrogen (secondary N) is 2. The number of hydrogen-bond donors (Lipinski definition) is 3. The van der Waals surface area contributed by atoms with Crippen molar-refractivity contribution < 1.29 is 23.2 Å². The van der Waals surface area contributed by atoms with E-state index in [1.807, 2.05) is 13.8 Å². The van der Waals surface area contributed by atoms with Crippen LogP contribution in [0.4, 0.5) is 0 Å². The molecule has 11 nitrogen and oxygen atoms in total. The Kier molecular flexibility index (Phi) is 15.7. The SMILES string of the molecule is CC.Cc1oc(=O)oc1CN(C)CC(=O)NC(C=O)CNCCC1CCC(C)N1C.NC=O. The van der Waals surface area contributed by atoms with Crippen molar-refractivity contribution in [3.8, 4) is 0 Å². The number of rotatable bonds is 11. The molecular formula is C22H41N5O6. The van der Waals surface area contributed by atoms with Crippen LogP contribution < -0.4 is 22.2 Å². The molecule has 1 aromatic heterocycles. The highest BCUT2D eigenvalue weighted by Gasteiger charge is 2.26. The maximum atomic E-state index is 12.2. The van der Waals surface area contributed by atoms with E-state index in [-0.39, 0.29) is 25.4 Å². The molecule has 4 N–H and O–H groups in total. The van der Waals surface area contributed by atoms with Crippen LogP contribution in [-0.2, 0) is 20.9 Å². The Hall–Kier alpha value is -2.50. The lowest BCUT2D eigenvalue weighted by Crippen LogP contribution is -2.46. The van der Waals surface area contributed by atoms with Gasteiger partial charge in [-0.2, -0.15) is 0 Å². The fourth-order valence-corrected chi connectivity index (χ4v) is 3.53. The van der Waals surface area contributed by atoms with E-state index >= 15 is 0 Å². The molecule has 33 heavy (non-hydrogen) atoms. The van der Waals surface area contributed by atoms with Crippen molar-refractivity contribution in [1.82, 2.24) is 20.4 Å². The van der Waals surface area contributed by atoms with Gasteiger partial charge in [0, 0.05) is 18.6 Å². The maximum absolute atomic E-state index is 12.2. The number of primary amides is 1. The molecule has 0 saturated carbocycles. The molecule has 2 heterocycles. The Morgan fingerprint density at radius 3 is 2.42 bits per heavy atom. The van der Waals surface area contributed by atoms with Crippen LogP contribution in [-0.4, -0.2) is 80.3 Å². The number of likely N-dealkylation sites (tertiary alicyclic amines) is 1. The zero-order valence-electron chi connectivity index (χ0n) is 20.8. The first-order valence-corrected chi connectivity index (χ1v) is 11.3. The number of nitrogens with two attached hydrogens (primary N) is 1. The first-order chi connectivity index (χ1) is 15.7. The molecule has 1 aliphatic heterocycles. The number of likely N-dealkylation sites (N-methyl/N-ethyl adjacent to an activating group) is 1. The summed E-state index contributed by atoms with van der Waals surface area (Å²) in [5.74, 6) is -0.237. The summed E-state index contributed by atoms with van der Waals surface area (Å²) < 4.78 is 9.72. The Morgan fingerprint density at radius 2 is 1.94 bits per heavy atom. The number of nitrogens with zero attached hydrogens (tertiary/aromatic N) is 2. The summed E-state index contributed by atoms with van der Waals surface area (Å²) in [4.78, 5) is 47.2. The van der Waals surface area contributed by atoms with Crippen LogP contribution in [0.3, 0.4) is 0 Å². The summed E-state index contributed by atoms with van der Waals surface area (Å²) in [5, 5.41) is 5.97. The lowest BCUT2D eigenvalue weighted by atomic mass is 10.1. The van der Waals surface area contributed by atoms with Gasteiger partial charge >= 0.3 is 5.82 Å². The molecular weight excluding hydrogens is 430 g/mol. The molecule has 1 aromatic rings. The summed E-state index contributed by atoms with van der Waals surface area (Å²) in [5.41, 5.74) is 4.17. The lowest BCUT2D eigenvalue weighted by Gasteiger charge is -2.23. The van der Waals surface area contributed by atoms with Crippen LogP contribution in [0.15, 0.2) is 13.6 Å². The number of carbonyl (C=O) groups is 3.